The van der Waals surface area contributed by atoms with E-state index in [0.717, 1.165) is 116 Å². The van der Waals surface area contributed by atoms with Gasteiger partial charge in [-0.1, -0.05) is 251 Å². The summed E-state index contributed by atoms with van der Waals surface area (Å²) in [7, 11) is 1.15. The molecule has 0 saturated heterocycles. The second-order valence-electron chi connectivity index (χ2n) is 21.7. The minimum Gasteiger partial charge on any atom is -0.756 e. The Labute approximate surface area is 479 Å². The summed E-state index contributed by atoms with van der Waals surface area (Å²) >= 11 is 0. The van der Waals surface area contributed by atoms with E-state index < -0.39 is 32.5 Å². The number of rotatable bonds is 56. The molecular weight excluding hydrogens is 990 g/mol. The van der Waals surface area contributed by atoms with Gasteiger partial charge in [-0.3, -0.25) is 14.2 Å². The van der Waals surface area contributed by atoms with Gasteiger partial charge in [-0.25, -0.2) is 0 Å². The van der Waals surface area contributed by atoms with Gasteiger partial charge in [-0.05, 0) is 103 Å². The van der Waals surface area contributed by atoms with E-state index in [1.54, 1.807) is 0 Å². The molecule has 10 heteroatoms. The third kappa shape index (κ3) is 61.6. The second kappa shape index (κ2) is 58.1. The van der Waals surface area contributed by atoms with Gasteiger partial charge in [-0.2, -0.15) is 0 Å². The monoisotopic (exact) mass is 1110 g/mol. The average Bonchev–Trinajstić information content (AvgIpc) is 3.41. The zero-order valence-corrected chi connectivity index (χ0v) is 51.5. The summed E-state index contributed by atoms with van der Waals surface area (Å²) in [4.78, 5) is 38.0. The molecular formula is C68H116NO8P. The van der Waals surface area contributed by atoms with Gasteiger partial charge < -0.3 is 27.9 Å². The summed E-state index contributed by atoms with van der Waals surface area (Å²) in [6.45, 7) is 4.00. The number of nitrogens with zero attached hydrogens (tertiary/aromatic N) is 1. The minimum absolute atomic E-state index is 0.0376. The Bertz CT molecular complexity index is 1730. The van der Waals surface area contributed by atoms with E-state index in [0.29, 0.717) is 17.4 Å². The molecule has 0 fully saturated rings. The van der Waals surface area contributed by atoms with Crippen LogP contribution in [0.3, 0.4) is 0 Å². The third-order valence-electron chi connectivity index (χ3n) is 13.0. The Hall–Kier alpha value is -3.59. The van der Waals surface area contributed by atoms with Crippen molar-refractivity contribution in [1.82, 2.24) is 0 Å². The summed E-state index contributed by atoms with van der Waals surface area (Å²) in [5.74, 6) is -0.846. The molecule has 0 aliphatic rings. The number of phosphoric ester groups is 1. The smallest absolute Gasteiger partial charge is 0.306 e. The van der Waals surface area contributed by atoms with Gasteiger partial charge in [0, 0.05) is 12.8 Å². The molecule has 0 saturated carbocycles. The number of carbonyl (C=O) groups excluding carboxylic acids is 2. The first kappa shape index (κ1) is 74.4. The van der Waals surface area contributed by atoms with Gasteiger partial charge in [0.1, 0.15) is 19.8 Å². The van der Waals surface area contributed by atoms with Crippen LogP contribution in [-0.4, -0.2) is 70.0 Å². The highest BCUT2D eigenvalue weighted by atomic mass is 31.2. The molecule has 0 aromatic carbocycles. The van der Waals surface area contributed by atoms with Gasteiger partial charge in [0.15, 0.2) is 6.10 Å². The molecule has 0 aromatic heterocycles. The molecule has 9 nitrogen and oxygen atoms in total. The molecule has 0 heterocycles. The Morgan fingerprint density at radius 2 is 0.692 bits per heavy atom. The average molecular weight is 1110 g/mol. The van der Waals surface area contributed by atoms with E-state index in [1.807, 2.05) is 21.1 Å². The van der Waals surface area contributed by atoms with Gasteiger partial charge in [0.25, 0.3) is 7.82 Å². The molecule has 0 aromatic rings. The van der Waals surface area contributed by atoms with Crippen molar-refractivity contribution in [2.45, 2.75) is 251 Å². The fourth-order valence-electron chi connectivity index (χ4n) is 8.24. The number of quaternary nitrogens is 1. The van der Waals surface area contributed by atoms with Crippen LogP contribution in [0.15, 0.2) is 122 Å². The van der Waals surface area contributed by atoms with E-state index in [-0.39, 0.29) is 26.1 Å². The van der Waals surface area contributed by atoms with Gasteiger partial charge in [-0.15, -0.1) is 0 Å². The number of ether oxygens (including phenoxy) is 2. The molecule has 0 N–H and O–H groups in total. The topological polar surface area (TPSA) is 111 Å². The summed E-state index contributed by atoms with van der Waals surface area (Å²) in [6.07, 6.45) is 82.5. The van der Waals surface area contributed by atoms with Crippen LogP contribution in [0.5, 0.6) is 0 Å². The third-order valence-corrected chi connectivity index (χ3v) is 13.9. The van der Waals surface area contributed by atoms with Crippen molar-refractivity contribution in [3.05, 3.63) is 122 Å². The Balaban J connectivity index is 4.12. The van der Waals surface area contributed by atoms with Crippen molar-refractivity contribution in [3.63, 3.8) is 0 Å². The van der Waals surface area contributed by atoms with E-state index >= 15 is 0 Å². The number of hydrogen-bond donors (Lipinski definition) is 0. The Morgan fingerprint density at radius 1 is 0.397 bits per heavy atom. The molecule has 0 rings (SSSR count). The number of allylic oxidation sites excluding steroid dienone is 20. The first-order valence-electron chi connectivity index (χ1n) is 31.2. The standard InChI is InChI=1S/C68H116NO8P/c1-6-8-10-12-14-16-18-20-22-24-26-28-29-30-31-32-33-34-35-36-37-38-39-41-43-45-47-49-51-53-55-57-59-61-68(71)77-66(65-76-78(72,73)75-63-62-69(3,4)5)64-74-67(70)60-58-56-54-52-50-48-46-44-42-40-27-25-23-21-19-17-15-13-11-9-7-2/h8-11,14-17,20-23,26-28,30-31,33-34,40,66H,6-7,12-13,18-19,24-25,29,32,35-39,41-65H2,1-5H3/b10-8-,11-9-,16-14-,17-15-,22-20-,23-21-,28-26-,31-30-,34-33-,40-27-. The zero-order valence-electron chi connectivity index (χ0n) is 50.6. The molecule has 0 spiro atoms. The number of unbranched alkanes of at least 4 members (excludes halogenated alkanes) is 22. The van der Waals surface area contributed by atoms with Gasteiger partial charge in [0.2, 0.25) is 0 Å². The number of likely N-dealkylation sites (N-methyl/N-ethyl adjacent to an activating group) is 1. The van der Waals surface area contributed by atoms with Gasteiger partial charge in [0.05, 0.1) is 27.7 Å². The predicted octanol–water partition coefficient (Wildman–Crippen LogP) is 19.3. The predicted molar refractivity (Wildman–Crippen MR) is 332 cm³/mol. The maximum absolute atomic E-state index is 12.8. The lowest BCUT2D eigenvalue weighted by atomic mass is 10.0. The fraction of sp³-hybridized carbons (Fsp3) is 0.676. The molecule has 0 aliphatic carbocycles. The lowest BCUT2D eigenvalue weighted by Crippen LogP contribution is -2.37. The maximum Gasteiger partial charge on any atom is 0.306 e. The molecule has 0 radical (unpaired) electrons. The molecule has 78 heavy (non-hydrogen) atoms. The van der Waals surface area contributed by atoms with Crippen LogP contribution in [0.4, 0.5) is 0 Å². The molecule has 446 valence electrons. The Morgan fingerprint density at radius 3 is 1.03 bits per heavy atom. The zero-order chi connectivity index (χ0) is 57.0. The van der Waals surface area contributed by atoms with Crippen LogP contribution in [0, 0.1) is 0 Å². The van der Waals surface area contributed by atoms with Crippen LogP contribution < -0.4 is 4.89 Å². The fourth-order valence-corrected chi connectivity index (χ4v) is 8.97. The first-order chi connectivity index (χ1) is 38.0. The van der Waals surface area contributed by atoms with Crippen LogP contribution in [-0.2, 0) is 32.7 Å². The van der Waals surface area contributed by atoms with Crippen LogP contribution >= 0.6 is 7.82 Å². The molecule has 0 aliphatic heterocycles. The van der Waals surface area contributed by atoms with Gasteiger partial charge >= 0.3 is 11.9 Å². The van der Waals surface area contributed by atoms with Crippen molar-refractivity contribution < 1.29 is 42.1 Å². The van der Waals surface area contributed by atoms with Crippen LogP contribution in [0.2, 0.25) is 0 Å². The number of hydrogen-bond acceptors (Lipinski definition) is 8. The molecule has 0 bridgehead atoms. The van der Waals surface area contributed by atoms with Crippen molar-refractivity contribution in [1.29, 1.82) is 0 Å². The van der Waals surface area contributed by atoms with Crippen molar-refractivity contribution in [2.24, 2.45) is 0 Å². The first-order valence-corrected chi connectivity index (χ1v) is 32.7. The van der Waals surface area contributed by atoms with Crippen molar-refractivity contribution in [2.75, 3.05) is 47.5 Å². The van der Waals surface area contributed by atoms with E-state index in [1.165, 1.54) is 96.3 Å². The maximum atomic E-state index is 12.8. The minimum atomic E-state index is -4.65. The van der Waals surface area contributed by atoms with Crippen LogP contribution in [0.25, 0.3) is 0 Å². The largest absolute Gasteiger partial charge is 0.756 e. The number of esters is 2. The lowest BCUT2D eigenvalue weighted by Gasteiger charge is -2.28. The molecule has 0 amide bonds. The SMILES string of the molecule is CC/C=C\C/C=C\C/C=C\C/C=C\C/C=C\C/C=C\CCCCCCCCCCCCCCCCC(=O)OC(COC(=O)CCCCCCCCCC/C=C\C/C=C\C/C=C\C/C=C\CC)COP(=O)([O-])OCC[N+](C)(C)C. The highest BCUT2D eigenvalue weighted by Crippen LogP contribution is 2.38. The van der Waals surface area contributed by atoms with Crippen molar-refractivity contribution >= 4 is 19.8 Å². The summed E-state index contributed by atoms with van der Waals surface area (Å²) in [5.41, 5.74) is 0. The second-order valence-corrected chi connectivity index (χ2v) is 23.1. The van der Waals surface area contributed by atoms with E-state index in [2.05, 4.69) is 135 Å². The van der Waals surface area contributed by atoms with E-state index in [9.17, 15) is 19.0 Å². The summed E-state index contributed by atoms with van der Waals surface area (Å²) < 4.78 is 34.2. The van der Waals surface area contributed by atoms with Crippen molar-refractivity contribution in [3.8, 4) is 0 Å². The molecule has 2 atom stereocenters. The quantitative estimate of drug-likeness (QED) is 0.0195. The highest BCUT2D eigenvalue weighted by molar-refractivity contribution is 7.45. The molecule has 2 unspecified atom stereocenters. The summed E-state index contributed by atoms with van der Waals surface area (Å²) in [6, 6.07) is 0. The Kier molecular flexibility index (Phi) is 55.4. The summed E-state index contributed by atoms with van der Waals surface area (Å²) in [5, 5.41) is 0. The highest BCUT2D eigenvalue weighted by Gasteiger charge is 2.22. The normalized spacial score (nSPS) is 14.1. The number of phosphoric acid groups is 1. The van der Waals surface area contributed by atoms with E-state index in [4.69, 9.17) is 18.5 Å². The van der Waals surface area contributed by atoms with Crippen LogP contribution in [0.1, 0.15) is 245 Å². The number of carbonyl (C=O) groups is 2. The lowest BCUT2D eigenvalue weighted by molar-refractivity contribution is -0.870.